The zero-order valence-electron chi connectivity index (χ0n) is 17.1. The minimum absolute atomic E-state index is 0.170. The van der Waals surface area contributed by atoms with E-state index >= 15 is 0 Å². The molecule has 0 aliphatic heterocycles. The summed E-state index contributed by atoms with van der Waals surface area (Å²) in [6.07, 6.45) is 5.27. The Balaban J connectivity index is 1.73. The highest BCUT2D eigenvalue weighted by Crippen LogP contribution is 2.19. The van der Waals surface area contributed by atoms with E-state index in [0.29, 0.717) is 12.6 Å². The first-order valence-electron chi connectivity index (χ1n) is 9.64. The number of rotatable bonds is 4. The molecular weight excluding hydrogens is 342 g/mol. The highest BCUT2D eigenvalue weighted by Gasteiger charge is 2.25. The summed E-state index contributed by atoms with van der Waals surface area (Å²) in [5, 5.41) is 9.78. The second kappa shape index (κ2) is 9.58. The van der Waals surface area contributed by atoms with Crippen LogP contribution in [-0.2, 0) is 11.3 Å². The molecule has 0 bridgehead atoms. The number of aromatic nitrogens is 1. The number of pyridine rings is 1. The van der Waals surface area contributed by atoms with Crippen molar-refractivity contribution in [1.29, 1.82) is 0 Å². The highest BCUT2D eigenvalue weighted by atomic mass is 16.6. The number of carbonyl (C=O) groups excluding carboxylic acids is 1. The van der Waals surface area contributed by atoms with Crippen LogP contribution in [0.1, 0.15) is 57.7 Å². The standard InChI is InChI=1S/C20H33N5O2/c1-14-7-6-12-22-17(14)13-23-18(21-5)24-15-8-10-16(11-9-15)25-19(26)27-20(2,3)4/h6-7,12,15-16H,8-11,13H2,1-5H3,(H,25,26)(H2,21,23,24). The number of alkyl carbamates (subject to hydrolysis) is 1. The topological polar surface area (TPSA) is 87.6 Å². The van der Waals surface area contributed by atoms with Crippen molar-refractivity contribution in [2.45, 2.75) is 77.6 Å². The molecule has 1 heterocycles. The Hall–Kier alpha value is -2.31. The van der Waals surface area contributed by atoms with Crippen molar-refractivity contribution in [3.05, 3.63) is 29.6 Å². The molecule has 1 saturated carbocycles. The Labute approximate surface area is 162 Å². The summed E-state index contributed by atoms with van der Waals surface area (Å²) in [5.41, 5.74) is 1.72. The van der Waals surface area contributed by atoms with Gasteiger partial charge in [0.15, 0.2) is 5.96 Å². The molecule has 0 atom stereocenters. The van der Waals surface area contributed by atoms with Gasteiger partial charge >= 0.3 is 6.09 Å². The van der Waals surface area contributed by atoms with Crippen molar-refractivity contribution in [2.75, 3.05) is 7.05 Å². The second-order valence-corrected chi connectivity index (χ2v) is 8.03. The van der Waals surface area contributed by atoms with E-state index in [1.807, 2.05) is 26.8 Å². The molecule has 0 spiro atoms. The van der Waals surface area contributed by atoms with Crippen LogP contribution >= 0.6 is 0 Å². The van der Waals surface area contributed by atoms with Crippen LogP contribution in [-0.4, -0.2) is 41.8 Å². The number of hydrogen-bond donors (Lipinski definition) is 3. The molecule has 0 saturated heterocycles. The third-order valence-corrected chi connectivity index (χ3v) is 4.55. The van der Waals surface area contributed by atoms with E-state index in [2.05, 4.69) is 38.9 Å². The number of carbonyl (C=O) groups is 1. The lowest BCUT2D eigenvalue weighted by atomic mass is 9.91. The van der Waals surface area contributed by atoms with Gasteiger partial charge in [0.25, 0.3) is 0 Å². The molecular formula is C20H33N5O2. The Kier molecular flexibility index (Phi) is 7.45. The van der Waals surface area contributed by atoms with Crippen molar-refractivity contribution in [1.82, 2.24) is 20.9 Å². The molecule has 2 rings (SSSR count). The molecule has 1 fully saturated rings. The van der Waals surface area contributed by atoms with E-state index in [4.69, 9.17) is 4.74 Å². The molecule has 27 heavy (non-hydrogen) atoms. The van der Waals surface area contributed by atoms with Crippen molar-refractivity contribution in [3.8, 4) is 0 Å². The monoisotopic (exact) mass is 375 g/mol. The maximum atomic E-state index is 11.9. The molecule has 1 aromatic heterocycles. The van der Waals surface area contributed by atoms with Gasteiger partial charge in [-0.25, -0.2) is 4.79 Å². The van der Waals surface area contributed by atoms with Crippen molar-refractivity contribution in [3.63, 3.8) is 0 Å². The van der Waals surface area contributed by atoms with E-state index in [-0.39, 0.29) is 12.1 Å². The maximum absolute atomic E-state index is 11.9. The summed E-state index contributed by atoms with van der Waals surface area (Å²) in [6.45, 7) is 8.32. The zero-order valence-corrected chi connectivity index (χ0v) is 17.1. The van der Waals surface area contributed by atoms with E-state index in [0.717, 1.165) is 42.9 Å². The molecule has 1 amide bonds. The predicted octanol–water partition coefficient (Wildman–Crippen LogP) is 2.89. The van der Waals surface area contributed by atoms with Crippen LogP contribution < -0.4 is 16.0 Å². The fraction of sp³-hybridized carbons (Fsp3) is 0.650. The smallest absolute Gasteiger partial charge is 0.407 e. The predicted molar refractivity (Wildman–Crippen MR) is 108 cm³/mol. The number of guanidine groups is 1. The molecule has 7 heteroatoms. The average molecular weight is 376 g/mol. The number of amides is 1. The number of aliphatic imine (C=N–C) groups is 1. The Morgan fingerprint density at radius 2 is 1.85 bits per heavy atom. The van der Waals surface area contributed by atoms with Gasteiger partial charge in [0.1, 0.15) is 5.60 Å². The van der Waals surface area contributed by atoms with Gasteiger partial charge in [-0.2, -0.15) is 0 Å². The lowest BCUT2D eigenvalue weighted by Crippen LogP contribution is -2.48. The van der Waals surface area contributed by atoms with Gasteiger partial charge in [-0.15, -0.1) is 0 Å². The van der Waals surface area contributed by atoms with Crippen LogP contribution in [0, 0.1) is 6.92 Å². The summed E-state index contributed by atoms with van der Waals surface area (Å²) in [7, 11) is 1.77. The molecule has 1 aliphatic carbocycles. The van der Waals surface area contributed by atoms with Crippen molar-refractivity contribution >= 4 is 12.1 Å². The molecule has 0 radical (unpaired) electrons. The first-order valence-corrected chi connectivity index (χ1v) is 9.64. The van der Waals surface area contributed by atoms with Crippen LogP contribution in [0.5, 0.6) is 0 Å². The summed E-state index contributed by atoms with van der Waals surface area (Å²) in [5.74, 6) is 0.781. The average Bonchev–Trinajstić information content (AvgIpc) is 2.59. The number of ether oxygens (including phenoxy) is 1. The molecule has 3 N–H and O–H groups in total. The van der Waals surface area contributed by atoms with Gasteiger partial charge in [0, 0.05) is 25.3 Å². The van der Waals surface area contributed by atoms with Gasteiger partial charge in [-0.1, -0.05) is 6.07 Å². The van der Waals surface area contributed by atoms with E-state index in [9.17, 15) is 4.79 Å². The zero-order chi connectivity index (χ0) is 19.9. The van der Waals surface area contributed by atoms with Crippen molar-refractivity contribution < 1.29 is 9.53 Å². The lowest BCUT2D eigenvalue weighted by molar-refractivity contribution is 0.0490. The normalized spacial score (nSPS) is 20.7. The Morgan fingerprint density at radius 1 is 1.22 bits per heavy atom. The third kappa shape index (κ3) is 7.45. The number of nitrogens with one attached hydrogen (secondary N) is 3. The largest absolute Gasteiger partial charge is 0.444 e. The molecule has 150 valence electrons. The summed E-state index contributed by atoms with van der Waals surface area (Å²) in [6, 6.07) is 4.51. The molecule has 1 aromatic rings. The minimum Gasteiger partial charge on any atom is -0.444 e. The fourth-order valence-corrected chi connectivity index (χ4v) is 3.12. The highest BCUT2D eigenvalue weighted by molar-refractivity contribution is 5.79. The second-order valence-electron chi connectivity index (χ2n) is 8.03. The van der Waals surface area contributed by atoms with E-state index in [1.54, 1.807) is 13.2 Å². The Morgan fingerprint density at radius 3 is 2.41 bits per heavy atom. The van der Waals surface area contributed by atoms with Gasteiger partial charge in [0.05, 0.1) is 12.2 Å². The maximum Gasteiger partial charge on any atom is 0.407 e. The number of aryl methyl sites for hydroxylation is 1. The molecule has 0 unspecified atom stereocenters. The van der Waals surface area contributed by atoms with Gasteiger partial charge in [-0.05, 0) is 65.0 Å². The summed E-state index contributed by atoms with van der Waals surface area (Å²) >= 11 is 0. The quantitative estimate of drug-likeness (QED) is 0.556. The number of nitrogens with zero attached hydrogens (tertiary/aromatic N) is 2. The third-order valence-electron chi connectivity index (χ3n) is 4.55. The summed E-state index contributed by atoms with van der Waals surface area (Å²) in [4.78, 5) is 20.6. The van der Waals surface area contributed by atoms with Crippen LogP contribution in [0.4, 0.5) is 4.79 Å². The van der Waals surface area contributed by atoms with E-state index < -0.39 is 5.60 Å². The lowest BCUT2D eigenvalue weighted by Gasteiger charge is -2.31. The molecule has 0 aromatic carbocycles. The summed E-state index contributed by atoms with van der Waals surface area (Å²) < 4.78 is 5.33. The molecule has 7 nitrogen and oxygen atoms in total. The van der Waals surface area contributed by atoms with Crippen LogP contribution in [0.2, 0.25) is 0 Å². The van der Waals surface area contributed by atoms with Gasteiger partial charge in [-0.3, -0.25) is 9.98 Å². The van der Waals surface area contributed by atoms with E-state index in [1.165, 1.54) is 0 Å². The SMILES string of the molecule is CN=C(NCc1ncccc1C)NC1CCC(NC(=O)OC(C)(C)C)CC1. The number of hydrogen-bond acceptors (Lipinski definition) is 4. The first kappa shape index (κ1) is 21.0. The Bertz CT molecular complexity index is 646. The van der Waals surface area contributed by atoms with Crippen molar-refractivity contribution in [2.24, 2.45) is 4.99 Å². The minimum atomic E-state index is -0.465. The van der Waals surface area contributed by atoms with Crippen LogP contribution in [0.25, 0.3) is 0 Å². The first-order chi connectivity index (χ1) is 12.8. The van der Waals surface area contributed by atoms with Gasteiger partial charge < -0.3 is 20.7 Å². The van der Waals surface area contributed by atoms with Crippen LogP contribution in [0.3, 0.4) is 0 Å². The molecule has 1 aliphatic rings. The van der Waals surface area contributed by atoms with Crippen LogP contribution in [0.15, 0.2) is 23.3 Å². The van der Waals surface area contributed by atoms with Gasteiger partial charge in [0.2, 0.25) is 0 Å². The fourth-order valence-electron chi connectivity index (χ4n) is 3.12.